The van der Waals surface area contributed by atoms with Crippen molar-refractivity contribution < 1.29 is 38.1 Å². The van der Waals surface area contributed by atoms with Crippen LogP contribution in [-0.4, -0.2) is 49.9 Å². The van der Waals surface area contributed by atoms with Crippen LogP contribution < -0.4 is 20.1 Å². The van der Waals surface area contributed by atoms with Crippen LogP contribution in [0.2, 0.25) is 0 Å². The number of carbonyl (C=O) groups excluding carboxylic acids is 4. The summed E-state index contributed by atoms with van der Waals surface area (Å²) < 4.78 is 23.0. The fourth-order valence-corrected chi connectivity index (χ4v) is 8.95. The molecule has 58 heavy (non-hydrogen) atoms. The molecule has 0 amide bonds. The third-order valence-corrected chi connectivity index (χ3v) is 11.5. The van der Waals surface area contributed by atoms with E-state index in [1.807, 2.05) is 62.4 Å². The van der Waals surface area contributed by atoms with Gasteiger partial charge in [0.2, 0.25) is 0 Å². The largest absolute Gasteiger partial charge is 0.494 e. The molecule has 0 saturated heterocycles. The molecule has 10 heteroatoms. The summed E-state index contributed by atoms with van der Waals surface area (Å²) >= 11 is 0. The van der Waals surface area contributed by atoms with Crippen molar-refractivity contribution in [2.45, 2.75) is 119 Å². The Labute approximate surface area is 343 Å². The molecule has 2 atom stereocenters. The number of unbranched alkanes of at least 4 members (excludes halogenated alkanes) is 3. The Morgan fingerprint density at radius 3 is 1.29 bits per heavy atom. The zero-order chi connectivity index (χ0) is 41.8. The lowest BCUT2D eigenvalue weighted by Gasteiger charge is -2.39. The Morgan fingerprint density at radius 1 is 0.586 bits per heavy atom. The first-order chi connectivity index (χ1) is 27.6. The lowest BCUT2D eigenvalue weighted by Crippen LogP contribution is -2.38. The topological polar surface area (TPSA) is 129 Å². The second kappa shape index (κ2) is 17.8. The van der Waals surface area contributed by atoms with Crippen LogP contribution >= 0.6 is 0 Å². The number of nitrogens with one attached hydrogen (secondary N) is 2. The van der Waals surface area contributed by atoms with Gasteiger partial charge in [-0.2, -0.15) is 0 Å². The van der Waals surface area contributed by atoms with Gasteiger partial charge in [0.1, 0.15) is 11.5 Å². The number of Topliss-reactive ketones (excluding diaryl/α,β-unsaturated/α-hetero) is 2. The van der Waals surface area contributed by atoms with E-state index in [0.717, 1.165) is 83.9 Å². The maximum atomic E-state index is 13.5. The molecule has 2 heterocycles. The molecule has 0 saturated carbocycles. The zero-order valence-electron chi connectivity index (χ0n) is 35.5. The van der Waals surface area contributed by atoms with Crippen molar-refractivity contribution in [3.05, 3.63) is 105 Å². The summed E-state index contributed by atoms with van der Waals surface area (Å²) in [6.07, 6.45) is 6.07. The van der Waals surface area contributed by atoms with Crippen molar-refractivity contribution in [2.75, 3.05) is 26.4 Å². The number of allylic oxidation sites excluding steroid dienone is 6. The molecule has 0 aromatic heterocycles. The summed E-state index contributed by atoms with van der Waals surface area (Å²) in [6, 6.07) is 15.5. The van der Waals surface area contributed by atoms with E-state index in [0.29, 0.717) is 48.3 Å². The summed E-state index contributed by atoms with van der Waals surface area (Å²) in [5, 5.41) is 6.75. The van der Waals surface area contributed by atoms with Crippen molar-refractivity contribution in [3.8, 4) is 11.5 Å². The Balaban J connectivity index is 0.993. The molecule has 0 radical (unpaired) electrons. The van der Waals surface area contributed by atoms with Crippen molar-refractivity contribution >= 4 is 23.5 Å². The van der Waals surface area contributed by atoms with Gasteiger partial charge in [-0.05, 0) is 112 Å². The molecule has 10 nitrogen and oxygen atoms in total. The second-order valence-corrected chi connectivity index (χ2v) is 17.5. The van der Waals surface area contributed by atoms with Crippen LogP contribution in [0.4, 0.5) is 0 Å². The number of hydrogen-bond acceptors (Lipinski definition) is 10. The summed E-state index contributed by atoms with van der Waals surface area (Å²) in [6.45, 7) is 17.4. The highest BCUT2D eigenvalue weighted by atomic mass is 16.5. The number of ketones is 2. The van der Waals surface area contributed by atoms with Gasteiger partial charge in [0.25, 0.3) is 0 Å². The van der Waals surface area contributed by atoms with Gasteiger partial charge in [-0.1, -0.05) is 52.0 Å². The van der Waals surface area contributed by atoms with Crippen LogP contribution in [0.25, 0.3) is 0 Å². The minimum atomic E-state index is -0.492. The normalized spacial score (nSPS) is 21.2. The highest BCUT2D eigenvalue weighted by molar-refractivity contribution is 6.05. The molecule has 310 valence electrons. The third kappa shape index (κ3) is 9.43. The minimum absolute atomic E-state index is 0.0617. The number of hydrogen-bond donors (Lipinski definition) is 2. The van der Waals surface area contributed by atoms with Crippen LogP contribution in [0.3, 0.4) is 0 Å². The quantitative estimate of drug-likeness (QED) is 0.133. The maximum absolute atomic E-state index is 13.5. The molecular weight excluding hydrogens is 733 g/mol. The van der Waals surface area contributed by atoms with E-state index < -0.39 is 23.8 Å². The Hall–Kier alpha value is -5.12. The van der Waals surface area contributed by atoms with E-state index in [2.05, 4.69) is 38.3 Å². The van der Waals surface area contributed by atoms with Crippen molar-refractivity contribution in [1.82, 2.24) is 10.6 Å². The van der Waals surface area contributed by atoms with Crippen LogP contribution in [0, 0.1) is 10.8 Å². The van der Waals surface area contributed by atoms with Gasteiger partial charge >= 0.3 is 11.9 Å². The number of rotatable bonds is 15. The van der Waals surface area contributed by atoms with Crippen molar-refractivity contribution in [3.63, 3.8) is 0 Å². The predicted octanol–water partition coefficient (Wildman–Crippen LogP) is 9.04. The molecule has 2 aliphatic carbocycles. The van der Waals surface area contributed by atoms with E-state index >= 15 is 0 Å². The number of ether oxygens (including phenoxy) is 4. The molecule has 0 bridgehead atoms. The summed E-state index contributed by atoms with van der Waals surface area (Å²) in [7, 11) is 0. The average molecular weight is 793 g/mol. The smallest absolute Gasteiger partial charge is 0.336 e. The summed E-state index contributed by atoms with van der Waals surface area (Å²) in [5.41, 5.74) is 6.93. The van der Waals surface area contributed by atoms with Crippen LogP contribution in [0.1, 0.15) is 130 Å². The maximum Gasteiger partial charge on any atom is 0.336 e. The van der Waals surface area contributed by atoms with E-state index in [1.54, 1.807) is 13.8 Å². The molecule has 2 aliphatic heterocycles. The van der Waals surface area contributed by atoms with Crippen LogP contribution in [-0.2, 0) is 28.7 Å². The van der Waals surface area contributed by atoms with E-state index in [1.165, 1.54) is 0 Å². The molecular formula is C48H60N2O8. The average Bonchev–Trinajstić information content (AvgIpc) is 3.14. The van der Waals surface area contributed by atoms with Crippen LogP contribution in [0.5, 0.6) is 11.5 Å². The van der Waals surface area contributed by atoms with E-state index in [4.69, 9.17) is 18.9 Å². The molecule has 6 rings (SSSR count). The number of benzene rings is 2. The van der Waals surface area contributed by atoms with Gasteiger partial charge in [-0.25, -0.2) is 9.59 Å². The van der Waals surface area contributed by atoms with Gasteiger partial charge in [0, 0.05) is 58.6 Å². The zero-order valence-corrected chi connectivity index (χ0v) is 35.5. The summed E-state index contributed by atoms with van der Waals surface area (Å²) in [4.78, 5) is 53.4. The number of dihydropyridines is 2. The molecule has 2 N–H and O–H groups in total. The van der Waals surface area contributed by atoms with Crippen molar-refractivity contribution in [2.24, 2.45) is 10.8 Å². The standard InChI is InChI=1S/C48H60N2O8/c1-9-55-45(53)39-29(3)49-35-25-47(5,6)27-37(51)43(35)41(39)31-15-19-33(20-16-31)57-23-13-11-12-14-24-58-34-21-17-32(18-22-34)42-40(46(54)56-10-2)30(4)50-36-26-48(7,8)28-38(52)44(36)42/h15-22,41-42,49-50H,9-14,23-28H2,1-8H3. The fraction of sp³-hybridized carbons (Fsp3) is 0.500. The Kier molecular flexibility index (Phi) is 13.0. The highest BCUT2D eigenvalue weighted by Crippen LogP contribution is 2.48. The summed E-state index contributed by atoms with van der Waals surface area (Å²) in [5.74, 6) is -0.199. The first kappa shape index (κ1) is 42.5. The second-order valence-electron chi connectivity index (χ2n) is 17.5. The minimum Gasteiger partial charge on any atom is -0.494 e. The molecule has 4 aliphatic rings. The van der Waals surface area contributed by atoms with Crippen LogP contribution in [0.15, 0.2) is 93.6 Å². The third-order valence-electron chi connectivity index (χ3n) is 11.5. The van der Waals surface area contributed by atoms with Gasteiger partial charge < -0.3 is 29.6 Å². The van der Waals surface area contributed by atoms with E-state index in [-0.39, 0.29) is 35.6 Å². The van der Waals surface area contributed by atoms with Gasteiger partial charge in [0.15, 0.2) is 11.6 Å². The lowest BCUT2D eigenvalue weighted by atomic mass is 9.68. The van der Waals surface area contributed by atoms with Gasteiger partial charge in [0.05, 0.1) is 37.6 Å². The SMILES string of the molecule is CCOC(=O)C1=C(C)NC2=C(C(=O)CC(C)(C)C2)C1c1ccc(OCCCCCCOc2ccc(C3C(C(=O)OCC)=C(C)NC4=C3C(=O)CC(C)(C)C4)cc2)cc1. The number of esters is 2. The fourth-order valence-electron chi connectivity index (χ4n) is 8.95. The molecule has 0 spiro atoms. The lowest BCUT2D eigenvalue weighted by molar-refractivity contribution is -0.139. The van der Waals surface area contributed by atoms with Gasteiger partial charge in [-0.15, -0.1) is 0 Å². The molecule has 2 unspecified atom stereocenters. The molecule has 0 fully saturated rings. The van der Waals surface area contributed by atoms with Crippen molar-refractivity contribution in [1.29, 1.82) is 0 Å². The number of carbonyl (C=O) groups is 4. The predicted molar refractivity (Wildman–Crippen MR) is 223 cm³/mol. The van der Waals surface area contributed by atoms with E-state index in [9.17, 15) is 19.2 Å². The molecule has 2 aromatic rings. The Bertz CT molecular complexity index is 1900. The first-order valence-electron chi connectivity index (χ1n) is 20.9. The monoisotopic (exact) mass is 792 g/mol. The Morgan fingerprint density at radius 2 is 0.948 bits per heavy atom. The molecule has 2 aromatic carbocycles. The van der Waals surface area contributed by atoms with Gasteiger partial charge in [-0.3, -0.25) is 9.59 Å². The highest BCUT2D eigenvalue weighted by Gasteiger charge is 2.44. The first-order valence-corrected chi connectivity index (χ1v) is 20.9.